The highest BCUT2D eigenvalue weighted by atomic mass is 35.5. The van der Waals surface area contributed by atoms with E-state index < -0.39 is 10.0 Å². The molecule has 0 bridgehead atoms. The average molecular weight is 585 g/mol. The van der Waals surface area contributed by atoms with Crippen LogP contribution in [0.1, 0.15) is 27.5 Å². The Bertz CT molecular complexity index is 1270. The molecular weight excluding hydrogens is 557 g/mol. The molecule has 11 heteroatoms. The Morgan fingerprint density at radius 2 is 1.57 bits per heavy atom. The van der Waals surface area contributed by atoms with Crippen molar-refractivity contribution in [2.75, 3.05) is 36.8 Å². The maximum absolute atomic E-state index is 12.9. The molecule has 1 saturated heterocycles. The summed E-state index contributed by atoms with van der Waals surface area (Å²) >= 11 is 12.2. The first-order valence-electron chi connectivity index (χ1n) is 11.4. The Balaban J connectivity index is 0.00000380. The number of rotatable bonds is 9. The normalized spacial score (nSPS) is 14.1. The molecule has 4 rings (SSSR count). The van der Waals surface area contributed by atoms with Gasteiger partial charge < -0.3 is 10.4 Å². The number of aliphatic hydroxyl groups excluding tert-OH is 1. The fraction of sp³-hybridized carbons (Fsp3) is 0.269. The second kappa shape index (κ2) is 12.5. The van der Waals surface area contributed by atoms with E-state index in [1.54, 1.807) is 24.3 Å². The number of hydrogen-bond donors (Lipinski definition) is 2. The molecule has 2 N–H and O–H groups in total. The lowest BCUT2D eigenvalue weighted by molar-refractivity contribution is 0.0944. The first-order chi connectivity index (χ1) is 17.2. The summed E-state index contributed by atoms with van der Waals surface area (Å²) in [6, 6.07) is 21.3. The molecule has 3 aromatic carbocycles. The first-order valence-corrected chi connectivity index (χ1v) is 14.0. The van der Waals surface area contributed by atoms with Crippen LogP contribution in [-0.2, 0) is 10.0 Å². The molecule has 0 aliphatic carbocycles. The molecule has 0 radical (unpaired) electrons. The van der Waals surface area contributed by atoms with E-state index in [-0.39, 0.29) is 43.5 Å². The van der Waals surface area contributed by atoms with Crippen molar-refractivity contribution < 1.29 is 18.3 Å². The fourth-order valence-corrected chi connectivity index (χ4v) is 5.90. The van der Waals surface area contributed by atoms with Crippen LogP contribution in [0.25, 0.3) is 0 Å². The van der Waals surface area contributed by atoms with Crippen LogP contribution in [0, 0.1) is 0 Å². The summed E-state index contributed by atoms with van der Waals surface area (Å²) in [7, 11) is -3.63. The zero-order valence-electron chi connectivity index (χ0n) is 20.1. The number of hydrogen-bond acceptors (Lipinski definition) is 5. The standard InChI is InChI=1S/C26H27Cl2N3O4S.ClH/c1-36(34,35)31(23-4-2-3-20(15-23)26(33)29-13-14-32)24-16-30(17-24)25(18-5-9-21(27)10-6-18)19-7-11-22(28)12-8-19;/h2-12,15,24-25,32H,13-14,16-17H2,1H3,(H,29,33);1H. The van der Waals surface area contributed by atoms with E-state index >= 15 is 0 Å². The van der Waals surface area contributed by atoms with Gasteiger partial charge in [0.05, 0.1) is 30.6 Å². The zero-order chi connectivity index (χ0) is 25.9. The van der Waals surface area contributed by atoms with E-state index in [0.717, 1.165) is 11.1 Å². The summed E-state index contributed by atoms with van der Waals surface area (Å²) < 4.78 is 27.1. The van der Waals surface area contributed by atoms with Crippen molar-refractivity contribution in [3.63, 3.8) is 0 Å². The van der Waals surface area contributed by atoms with Crippen molar-refractivity contribution in [3.8, 4) is 0 Å². The number of anilines is 1. The van der Waals surface area contributed by atoms with Crippen molar-refractivity contribution in [3.05, 3.63) is 99.5 Å². The van der Waals surface area contributed by atoms with Crippen LogP contribution in [0.2, 0.25) is 10.0 Å². The van der Waals surface area contributed by atoms with Gasteiger partial charge in [0.2, 0.25) is 10.0 Å². The molecule has 0 spiro atoms. The van der Waals surface area contributed by atoms with Gasteiger partial charge >= 0.3 is 0 Å². The minimum absolute atomic E-state index is 0. The van der Waals surface area contributed by atoms with Gasteiger partial charge in [-0.3, -0.25) is 14.0 Å². The molecule has 1 aliphatic rings. The van der Waals surface area contributed by atoms with Crippen LogP contribution in [0.4, 0.5) is 5.69 Å². The van der Waals surface area contributed by atoms with Crippen molar-refractivity contribution >= 4 is 57.2 Å². The van der Waals surface area contributed by atoms with Gasteiger partial charge in [-0.2, -0.15) is 0 Å². The summed E-state index contributed by atoms with van der Waals surface area (Å²) in [5.74, 6) is -0.375. The van der Waals surface area contributed by atoms with Crippen LogP contribution < -0.4 is 9.62 Å². The quantitative estimate of drug-likeness (QED) is 0.390. The molecule has 0 saturated carbocycles. The van der Waals surface area contributed by atoms with E-state index in [1.165, 1.54) is 10.6 Å². The van der Waals surface area contributed by atoms with Crippen LogP contribution >= 0.6 is 35.6 Å². The van der Waals surface area contributed by atoms with E-state index in [0.29, 0.717) is 34.4 Å². The van der Waals surface area contributed by atoms with Crippen molar-refractivity contribution in [2.24, 2.45) is 0 Å². The number of carbonyl (C=O) groups is 1. The molecule has 1 amide bonds. The van der Waals surface area contributed by atoms with Crippen LogP contribution in [0.15, 0.2) is 72.8 Å². The number of benzene rings is 3. The monoisotopic (exact) mass is 583 g/mol. The Morgan fingerprint density at radius 1 is 1.03 bits per heavy atom. The highest BCUT2D eigenvalue weighted by Gasteiger charge is 2.40. The topological polar surface area (TPSA) is 90.0 Å². The van der Waals surface area contributed by atoms with Crippen LogP contribution in [-0.4, -0.2) is 62.9 Å². The third kappa shape index (κ3) is 6.96. The number of halogens is 3. The third-order valence-corrected chi connectivity index (χ3v) is 7.80. The van der Waals surface area contributed by atoms with Gasteiger partial charge in [0, 0.05) is 35.2 Å². The number of sulfonamides is 1. The smallest absolute Gasteiger partial charge is 0.251 e. The Hall–Kier alpha value is -2.33. The average Bonchev–Trinajstić information content (AvgIpc) is 2.82. The van der Waals surface area contributed by atoms with Crippen molar-refractivity contribution in [1.82, 2.24) is 10.2 Å². The SMILES string of the molecule is CS(=O)(=O)N(c1cccc(C(=O)NCCO)c1)C1CN(C(c2ccc(Cl)cc2)c2ccc(Cl)cc2)C1.Cl. The summed E-state index contributed by atoms with van der Waals surface area (Å²) in [5, 5.41) is 12.8. The molecule has 0 atom stereocenters. The van der Waals surface area contributed by atoms with Gasteiger partial charge in [0.1, 0.15) is 0 Å². The lowest BCUT2D eigenvalue weighted by Gasteiger charge is -2.48. The number of aliphatic hydroxyl groups is 1. The molecule has 0 aromatic heterocycles. The lowest BCUT2D eigenvalue weighted by Crippen LogP contribution is -2.61. The second-order valence-electron chi connectivity index (χ2n) is 8.70. The second-order valence-corrected chi connectivity index (χ2v) is 11.4. The third-order valence-electron chi connectivity index (χ3n) is 6.08. The molecule has 0 unspecified atom stereocenters. The van der Waals surface area contributed by atoms with Gasteiger partial charge in [0.25, 0.3) is 5.91 Å². The minimum Gasteiger partial charge on any atom is -0.395 e. The number of nitrogens with one attached hydrogen (secondary N) is 1. The maximum atomic E-state index is 12.9. The summed E-state index contributed by atoms with van der Waals surface area (Å²) in [5.41, 5.74) is 2.82. The van der Waals surface area contributed by atoms with Gasteiger partial charge in [-0.25, -0.2) is 8.42 Å². The predicted molar refractivity (Wildman–Crippen MR) is 151 cm³/mol. The van der Waals surface area contributed by atoms with Gasteiger partial charge in [-0.1, -0.05) is 53.5 Å². The van der Waals surface area contributed by atoms with Crippen LogP contribution in [0.3, 0.4) is 0 Å². The summed E-state index contributed by atoms with van der Waals surface area (Å²) in [6.45, 7) is 0.919. The minimum atomic E-state index is -3.63. The van der Waals surface area contributed by atoms with Crippen molar-refractivity contribution in [2.45, 2.75) is 12.1 Å². The zero-order valence-corrected chi connectivity index (χ0v) is 23.2. The summed E-state index contributed by atoms with van der Waals surface area (Å²) in [4.78, 5) is 14.6. The Labute approximate surface area is 233 Å². The van der Waals surface area contributed by atoms with E-state index in [4.69, 9.17) is 28.3 Å². The molecule has 1 aliphatic heterocycles. The van der Waals surface area contributed by atoms with Crippen molar-refractivity contribution in [1.29, 1.82) is 0 Å². The van der Waals surface area contributed by atoms with Gasteiger partial charge in [-0.05, 0) is 53.6 Å². The number of carbonyl (C=O) groups excluding carboxylic acids is 1. The Morgan fingerprint density at radius 3 is 2.05 bits per heavy atom. The van der Waals surface area contributed by atoms with Gasteiger partial charge in [-0.15, -0.1) is 12.4 Å². The molecular formula is C26H28Cl3N3O4S. The van der Waals surface area contributed by atoms with E-state index in [2.05, 4.69) is 10.2 Å². The molecule has 37 heavy (non-hydrogen) atoms. The molecule has 198 valence electrons. The highest BCUT2D eigenvalue weighted by molar-refractivity contribution is 7.92. The van der Waals surface area contributed by atoms with Gasteiger partial charge in [0.15, 0.2) is 0 Å². The van der Waals surface area contributed by atoms with E-state index in [9.17, 15) is 13.2 Å². The first kappa shape index (κ1) is 29.2. The number of nitrogens with zero attached hydrogens (tertiary/aromatic N) is 2. The molecule has 3 aromatic rings. The van der Waals surface area contributed by atoms with E-state index in [1.807, 2.05) is 48.5 Å². The largest absolute Gasteiger partial charge is 0.395 e. The fourth-order valence-electron chi connectivity index (χ4n) is 4.48. The molecule has 7 nitrogen and oxygen atoms in total. The lowest BCUT2D eigenvalue weighted by atomic mass is 9.93. The maximum Gasteiger partial charge on any atom is 0.251 e. The van der Waals surface area contributed by atoms with Crippen LogP contribution in [0.5, 0.6) is 0 Å². The summed E-state index contributed by atoms with van der Waals surface area (Å²) in [6.07, 6.45) is 1.17. The highest BCUT2D eigenvalue weighted by Crippen LogP contribution is 2.36. The number of amides is 1. The molecule has 1 heterocycles. The predicted octanol–water partition coefficient (Wildman–Crippen LogP) is 4.38. The molecule has 1 fully saturated rings. The number of likely N-dealkylation sites (tertiary alicyclic amines) is 1. The Kier molecular flexibility index (Phi) is 9.86.